The van der Waals surface area contributed by atoms with Crippen molar-refractivity contribution in [2.45, 2.75) is 11.8 Å². The highest BCUT2D eigenvalue weighted by molar-refractivity contribution is 7.80. The molecule has 0 spiro atoms. The number of rotatable bonds is 3. The van der Waals surface area contributed by atoms with Gasteiger partial charge < -0.3 is 0 Å². The van der Waals surface area contributed by atoms with Crippen molar-refractivity contribution < 1.29 is 0 Å². The molecule has 0 amide bonds. The van der Waals surface area contributed by atoms with E-state index >= 15 is 0 Å². The first-order valence-corrected chi connectivity index (χ1v) is 10.9. The number of benzene rings is 3. The Morgan fingerprint density at radius 1 is 0.839 bits per heavy atom. The third-order valence-corrected chi connectivity index (χ3v) is 6.02. The van der Waals surface area contributed by atoms with Crippen molar-refractivity contribution in [1.82, 2.24) is 14.4 Å². The van der Waals surface area contributed by atoms with Crippen LogP contribution in [0, 0.1) is 6.92 Å². The first kappa shape index (κ1) is 20.1. The van der Waals surface area contributed by atoms with Crippen LogP contribution in [-0.4, -0.2) is 14.4 Å². The van der Waals surface area contributed by atoms with E-state index in [4.69, 9.17) is 40.8 Å². The number of aromatic nitrogens is 3. The Balaban J connectivity index is 1.81. The number of halogens is 2. The lowest BCUT2D eigenvalue weighted by molar-refractivity contribution is 1.11. The molecule has 0 fully saturated rings. The summed E-state index contributed by atoms with van der Waals surface area (Å²) in [5, 5.41) is 1.36. The standard InChI is InChI=1S/C25H17Cl2N3S/c1-15-5-10-21(22(31)11-15)24-23(16-6-8-19(26)9-7-16)29-25-28-13-18(14-30(24)25)17-3-2-4-20(27)12-17/h2-14,31H,1H3. The number of imidazole rings is 1. The van der Waals surface area contributed by atoms with Crippen molar-refractivity contribution in [2.24, 2.45) is 0 Å². The molecule has 0 aliphatic carbocycles. The molecule has 2 aromatic heterocycles. The molecule has 0 radical (unpaired) electrons. The van der Waals surface area contributed by atoms with E-state index in [0.717, 1.165) is 44.1 Å². The van der Waals surface area contributed by atoms with E-state index in [2.05, 4.69) is 30.1 Å². The van der Waals surface area contributed by atoms with Gasteiger partial charge in [-0.15, -0.1) is 12.6 Å². The van der Waals surface area contributed by atoms with Crippen LogP contribution in [0.25, 0.3) is 39.4 Å². The molecule has 0 atom stereocenters. The molecule has 0 saturated carbocycles. The van der Waals surface area contributed by atoms with Crippen LogP contribution in [0.4, 0.5) is 0 Å². The fourth-order valence-electron chi connectivity index (χ4n) is 3.66. The third-order valence-electron chi connectivity index (χ3n) is 5.16. The van der Waals surface area contributed by atoms with Crippen molar-refractivity contribution in [2.75, 3.05) is 0 Å². The molecule has 152 valence electrons. The zero-order chi connectivity index (χ0) is 21.5. The first-order valence-electron chi connectivity index (χ1n) is 9.69. The lowest BCUT2D eigenvalue weighted by Crippen LogP contribution is -1.94. The fourth-order valence-corrected chi connectivity index (χ4v) is 4.36. The monoisotopic (exact) mass is 461 g/mol. The second kappa shape index (κ2) is 8.04. The highest BCUT2D eigenvalue weighted by Gasteiger charge is 2.19. The van der Waals surface area contributed by atoms with Gasteiger partial charge in [-0.25, -0.2) is 9.97 Å². The van der Waals surface area contributed by atoms with Crippen LogP contribution in [0.3, 0.4) is 0 Å². The SMILES string of the molecule is Cc1ccc(-c2c(-c3ccc(Cl)cc3)nc3ncc(-c4cccc(Cl)c4)cn23)c(S)c1. The van der Waals surface area contributed by atoms with Crippen LogP contribution in [0.1, 0.15) is 5.56 Å². The minimum atomic E-state index is 0.610. The van der Waals surface area contributed by atoms with Gasteiger partial charge in [-0.1, -0.05) is 59.6 Å². The molecular weight excluding hydrogens is 445 g/mol. The van der Waals surface area contributed by atoms with E-state index in [1.54, 1.807) is 0 Å². The van der Waals surface area contributed by atoms with Gasteiger partial charge in [0, 0.05) is 44.0 Å². The van der Waals surface area contributed by atoms with Crippen molar-refractivity contribution >= 4 is 41.6 Å². The number of thiol groups is 1. The summed E-state index contributed by atoms with van der Waals surface area (Å²) in [6.45, 7) is 2.05. The second-order valence-corrected chi connectivity index (χ2v) is 8.71. The molecule has 6 heteroatoms. The molecule has 0 saturated heterocycles. The Bertz CT molecular complexity index is 1430. The van der Waals surface area contributed by atoms with Gasteiger partial charge >= 0.3 is 0 Å². The van der Waals surface area contributed by atoms with Crippen molar-refractivity contribution in [3.8, 4) is 33.6 Å². The molecule has 2 heterocycles. The predicted octanol–water partition coefficient (Wildman–Crippen LogP) is 7.63. The van der Waals surface area contributed by atoms with Crippen LogP contribution in [0.15, 0.2) is 84.0 Å². The van der Waals surface area contributed by atoms with E-state index in [9.17, 15) is 0 Å². The normalized spacial score (nSPS) is 11.2. The fraction of sp³-hybridized carbons (Fsp3) is 0.0400. The zero-order valence-electron chi connectivity index (χ0n) is 16.6. The minimum absolute atomic E-state index is 0.610. The quantitative estimate of drug-likeness (QED) is 0.279. The largest absolute Gasteiger partial charge is 0.282 e. The van der Waals surface area contributed by atoms with Gasteiger partial charge in [0.15, 0.2) is 0 Å². The van der Waals surface area contributed by atoms with Crippen LogP contribution in [-0.2, 0) is 0 Å². The molecule has 5 rings (SSSR count). The molecular formula is C25H17Cl2N3S. The van der Waals surface area contributed by atoms with Crippen molar-refractivity contribution in [1.29, 1.82) is 0 Å². The van der Waals surface area contributed by atoms with E-state index in [1.165, 1.54) is 0 Å². The summed E-state index contributed by atoms with van der Waals surface area (Å²) in [5.41, 5.74) is 6.78. The Morgan fingerprint density at radius 3 is 2.39 bits per heavy atom. The van der Waals surface area contributed by atoms with Crippen molar-refractivity contribution in [3.63, 3.8) is 0 Å². The molecule has 0 aliphatic heterocycles. The van der Waals surface area contributed by atoms with E-state index in [0.29, 0.717) is 15.8 Å². The van der Waals surface area contributed by atoms with Crippen molar-refractivity contribution in [3.05, 3.63) is 94.7 Å². The summed E-state index contributed by atoms with van der Waals surface area (Å²) in [4.78, 5) is 10.4. The second-order valence-electron chi connectivity index (χ2n) is 7.36. The van der Waals surface area contributed by atoms with Crippen LogP contribution < -0.4 is 0 Å². The van der Waals surface area contributed by atoms with Gasteiger partial charge in [-0.2, -0.15) is 0 Å². The molecule has 5 aromatic rings. The molecule has 0 N–H and O–H groups in total. The first-order chi connectivity index (χ1) is 15.0. The lowest BCUT2D eigenvalue weighted by atomic mass is 10.0. The summed E-state index contributed by atoms with van der Waals surface area (Å²) < 4.78 is 2.02. The Kier molecular flexibility index (Phi) is 5.22. The van der Waals surface area contributed by atoms with E-state index in [1.807, 2.05) is 65.3 Å². The number of aryl methyl sites for hydroxylation is 1. The molecule has 0 aliphatic rings. The van der Waals surface area contributed by atoms with Crippen LogP contribution >= 0.6 is 35.8 Å². The van der Waals surface area contributed by atoms with Gasteiger partial charge in [0.05, 0.1) is 11.4 Å². The topological polar surface area (TPSA) is 30.2 Å². The van der Waals surface area contributed by atoms with Gasteiger partial charge in [-0.3, -0.25) is 4.40 Å². The Hall–Kier alpha value is -2.79. The summed E-state index contributed by atoms with van der Waals surface area (Å²) in [6.07, 6.45) is 3.86. The van der Waals surface area contributed by atoms with E-state index < -0.39 is 0 Å². The molecule has 0 unspecified atom stereocenters. The number of fused-ring (bicyclic) bond motifs is 1. The molecule has 0 bridgehead atoms. The number of hydrogen-bond donors (Lipinski definition) is 1. The summed E-state index contributed by atoms with van der Waals surface area (Å²) in [5.74, 6) is 0.610. The maximum atomic E-state index is 6.21. The average molecular weight is 462 g/mol. The Labute approximate surface area is 195 Å². The number of nitrogens with zero attached hydrogens (tertiary/aromatic N) is 3. The average Bonchev–Trinajstić information content (AvgIpc) is 3.13. The molecule has 31 heavy (non-hydrogen) atoms. The highest BCUT2D eigenvalue weighted by Crippen LogP contribution is 2.37. The van der Waals surface area contributed by atoms with Gasteiger partial charge in [-0.05, 0) is 48.4 Å². The molecule has 3 nitrogen and oxygen atoms in total. The van der Waals surface area contributed by atoms with Gasteiger partial charge in [0.25, 0.3) is 0 Å². The number of hydrogen-bond acceptors (Lipinski definition) is 3. The zero-order valence-corrected chi connectivity index (χ0v) is 19.0. The molecule has 3 aromatic carbocycles. The smallest absolute Gasteiger partial charge is 0.234 e. The van der Waals surface area contributed by atoms with Crippen LogP contribution in [0.5, 0.6) is 0 Å². The predicted molar refractivity (Wildman–Crippen MR) is 131 cm³/mol. The summed E-state index contributed by atoms with van der Waals surface area (Å²) in [6, 6.07) is 21.6. The van der Waals surface area contributed by atoms with E-state index in [-0.39, 0.29) is 0 Å². The van der Waals surface area contributed by atoms with Crippen LogP contribution in [0.2, 0.25) is 10.0 Å². The summed E-state index contributed by atoms with van der Waals surface area (Å²) in [7, 11) is 0. The maximum absolute atomic E-state index is 6.21. The lowest BCUT2D eigenvalue weighted by Gasteiger charge is -2.10. The Morgan fingerprint density at radius 2 is 1.65 bits per heavy atom. The minimum Gasteiger partial charge on any atom is -0.282 e. The highest BCUT2D eigenvalue weighted by atomic mass is 35.5. The van der Waals surface area contributed by atoms with Gasteiger partial charge in [0.2, 0.25) is 5.78 Å². The maximum Gasteiger partial charge on any atom is 0.234 e. The van der Waals surface area contributed by atoms with Gasteiger partial charge in [0.1, 0.15) is 0 Å². The third kappa shape index (κ3) is 3.83. The summed E-state index contributed by atoms with van der Waals surface area (Å²) >= 11 is 17.1.